The second kappa shape index (κ2) is 2.97. The Hall–Kier alpha value is -1.31. The van der Waals surface area contributed by atoms with E-state index in [2.05, 4.69) is 5.92 Å². The van der Waals surface area contributed by atoms with Crippen molar-refractivity contribution in [2.24, 2.45) is 0 Å². The molecule has 0 aliphatic heterocycles. The maximum absolute atomic E-state index is 10.5. The lowest BCUT2D eigenvalue weighted by molar-refractivity contribution is 0.483. The zero-order chi connectivity index (χ0) is 9.19. The Bertz CT molecular complexity index is 409. The van der Waals surface area contributed by atoms with Crippen LogP contribution < -0.4 is 0 Å². The van der Waals surface area contributed by atoms with E-state index in [1.165, 1.54) is 24.3 Å². The van der Waals surface area contributed by atoms with Gasteiger partial charge in [-0.25, -0.2) is 0 Å². The molecular formula is C8H5O3S. The molecule has 4 heteroatoms. The molecule has 61 valence electrons. The van der Waals surface area contributed by atoms with E-state index in [9.17, 15) is 8.42 Å². The van der Waals surface area contributed by atoms with Gasteiger partial charge in [-0.2, -0.15) is 8.42 Å². The van der Waals surface area contributed by atoms with E-state index in [-0.39, 0.29) is 4.90 Å². The first-order valence-electron chi connectivity index (χ1n) is 3.04. The predicted molar refractivity (Wildman–Crippen MR) is 42.5 cm³/mol. The smallest absolute Gasteiger partial charge is 0.282 e. The summed E-state index contributed by atoms with van der Waals surface area (Å²) in [5, 5.41) is 0. The molecule has 0 saturated heterocycles. The summed E-state index contributed by atoms with van der Waals surface area (Å²) in [4.78, 5) is -0.179. The third kappa shape index (κ3) is 1.84. The lowest BCUT2D eigenvalue weighted by atomic mass is 10.2. The molecule has 1 rings (SSSR count). The molecule has 0 saturated carbocycles. The van der Waals surface area contributed by atoms with Gasteiger partial charge in [-0.1, -0.05) is 5.92 Å². The van der Waals surface area contributed by atoms with Gasteiger partial charge in [0.2, 0.25) is 0 Å². The lowest BCUT2D eigenvalue weighted by Gasteiger charge is -1.95. The molecule has 0 aromatic heterocycles. The molecule has 0 fully saturated rings. The lowest BCUT2D eigenvalue weighted by Crippen LogP contribution is -1.97. The first-order valence-corrected chi connectivity index (χ1v) is 4.48. The van der Waals surface area contributed by atoms with Crippen molar-refractivity contribution in [3.05, 3.63) is 36.3 Å². The highest BCUT2D eigenvalue weighted by atomic mass is 32.2. The van der Waals surface area contributed by atoms with Gasteiger partial charge in [0.15, 0.2) is 0 Å². The van der Waals surface area contributed by atoms with Gasteiger partial charge >= 0.3 is 0 Å². The zero-order valence-corrected chi connectivity index (χ0v) is 6.80. The number of rotatable bonds is 1. The van der Waals surface area contributed by atoms with Gasteiger partial charge < -0.3 is 0 Å². The Morgan fingerprint density at radius 2 is 1.75 bits per heavy atom. The van der Waals surface area contributed by atoms with E-state index in [0.717, 1.165) is 0 Å². The molecule has 1 aromatic carbocycles. The van der Waals surface area contributed by atoms with Crippen molar-refractivity contribution in [1.82, 2.24) is 0 Å². The van der Waals surface area contributed by atoms with Crippen LogP contribution in [0.1, 0.15) is 5.56 Å². The van der Waals surface area contributed by atoms with E-state index in [1.807, 2.05) is 0 Å². The van der Waals surface area contributed by atoms with Crippen molar-refractivity contribution in [3.8, 4) is 5.92 Å². The summed E-state index contributed by atoms with van der Waals surface area (Å²) in [7, 11) is -4.12. The van der Waals surface area contributed by atoms with Gasteiger partial charge in [0.25, 0.3) is 10.1 Å². The minimum Gasteiger partial charge on any atom is -0.282 e. The summed E-state index contributed by atoms with van der Waals surface area (Å²) < 4.78 is 29.6. The summed E-state index contributed by atoms with van der Waals surface area (Å²) >= 11 is 0. The van der Waals surface area contributed by atoms with E-state index in [1.54, 1.807) is 0 Å². The summed E-state index contributed by atoms with van der Waals surface area (Å²) in [5.74, 6) is 2.08. The second-order valence-electron chi connectivity index (χ2n) is 2.12. The van der Waals surface area contributed by atoms with Crippen LogP contribution >= 0.6 is 0 Å². The minimum absolute atomic E-state index is 0.179. The van der Waals surface area contributed by atoms with Crippen LogP contribution in [0.5, 0.6) is 0 Å². The highest BCUT2D eigenvalue weighted by Crippen LogP contribution is 2.08. The van der Waals surface area contributed by atoms with Crippen LogP contribution in [-0.4, -0.2) is 13.0 Å². The average Bonchev–Trinajstić information content (AvgIpc) is 2.03. The highest BCUT2D eigenvalue weighted by molar-refractivity contribution is 7.85. The van der Waals surface area contributed by atoms with Crippen molar-refractivity contribution < 1.29 is 13.0 Å². The largest absolute Gasteiger partial charge is 0.294 e. The van der Waals surface area contributed by atoms with Crippen molar-refractivity contribution >= 4 is 10.1 Å². The van der Waals surface area contributed by atoms with E-state index < -0.39 is 10.1 Å². The fraction of sp³-hybridized carbons (Fsp3) is 0. The Morgan fingerprint density at radius 3 is 2.08 bits per heavy atom. The quantitative estimate of drug-likeness (QED) is 0.516. The Labute approximate surface area is 70.8 Å². The van der Waals surface area contributed by atoms with Gasteiger partial charge in [-0.15, -0.1) is 0 Å². The molecule has 0 aliphatic rings. The first kappa shape index (κ1) is 8.78. The van der Waals surface area contributed by atoms with Crippen molar-refractivity contribution in [1.29, 1.82) is 0 Å². The predicted octanol–water partition coefficient (Wildman–Crippen LogP) is 0.871. The average molecular weight is 181 g/mol. The summed E-state index contributed by atoms with van der Waals surface area (Å²) in [6.45, 7) is 0. The molecule has 0 heterocycles. The van der Waals surface area contributed by atoms with Crippen LogP contribution in [0.2, 0.25) is 0 Å². The van der Waals surface area contributed by atoms with Gasteiger partial charge in [0.05, 0.1) is 4.90 Å². The fourth-order valence-corrected chi connectivity index (χ4v) is 1.19. The molecule has 0 spiro atoms. The van der Waals surface area contributed by atoms with Gasteiger partial charge in [-0.3, -0.25) is 4.55 Å². The van der Waals surface area contributed by atoms with E-state index >= 15 is 0 Å². The standard InChI is InChI=1S/C8H5O3S/c1-2-7-3-5-8(6-4-7)12(9,10)11/h3-6H,(H,9,10,11). The van der Waals surface area contributed by atoms with Gasteiger partial charge in [0.1, 0.15) is 0 Å². The highest BCUT2D eigenvalue weighted by Gasteiger charge is 2.07. The third-order valence-electron chi connectivity index (χ3n) is 1.30. The Balaban J connectivity index is 3.20. The molecule has 1 aromatic rings. The third-order valence-corrected chi connectivity index (χ3v) is 2.16. The molecule has 0 bridgehead atoms. The van der Waals surface area contributed by atoms with Crippen LogP contribution in [0.4, 0.5) is 0 Å². The van der Waals surface area contributed by atoms with Gasteiger partial charge in [-0.05, 0) is 30.7 Å². The van der Waals surface area contributed by atoms with E-state index in [0.29, 0.717) is 5.56 Å². The molecule has 0 amide bonds. The molecule has 3 nitrogen and oxygen atoms in total. The van der Waals surface area contributed by atoms with Crippen LogP contribution in [0, 0.1) is 12.3 Å². The molecule has 1 radical (unpaired) electrons. The van der Waals surface area contributed by atoms with Crippen molar-refractivity contribution in [3.63, 3.8) is 0 Å². The van der Waals surface area contributed by atoms with Crippen LogP contribution in [0.25, 0.3) is 0 Å². The maximum atomic E-state index is 10.5. The summed E-state index contributed by atoms with van der Waals surface area (Å²) in [6.07, 6.45) is 6.71. The molecule has 0 unspecified atom stereocenters. The van der Waals surface area contributed by atoms with Crippen LogP contribution in [0.3, 0.4) is 0 Å². The summed E-state index contributed by atoms with van der Waals surface area (Å²) in [5.41, 5.74) is 0.461. The minimum atomic E-state index is -4.12. The number of hydrogen-bond acceptors (Lipinski definition) is 2. The maximum Gasteiger partial charge on any atom is 0.294 e. The molecule has 0 atom stereocenters. The number of benzene rings is 1. The SMILES string of the molecule is [C]#Cc1ccc(S(=O)(=O)O)cc1. The molecule has 0 aliphatic carbocycles. The second-order valence-corrected chi connectivity index (χ2v) is 3.55. The van der Waals surface area contributed by atoms with Crippen molar-refractivity contribution in [2.75, 3.05) is 0 Å². The fourth-order valence-electron chi connectivity index (χ4n) is 0.710. The normalized spacial score (nSPS) is 10.7. The Kier molecular flexibility index (Phi) is 2.18. The Morgan fingerprint density at radius 1 is 1.25 bits per heavy atom. The molecule has 12 heavy (non-hydrogen) atoms. The summed E-state index contributed by atoms with van der Waals surface area (Å²) in [6, 6.07) is 5.20. The van der Waals surface area contributed by atoms with Crippen LogP contribution in [-0.2, 0) is 10.1 Å². The van der Waals surface area contributed by atoms with Crippen molar-refractivity contribution in [2.45, 2.75) is 4.90 Å². The van der Waals surface area contributed by atoms with Crippen LogP contribution in [0.15, 0.2) is 29.2 Å². The van der Waals surface area contributed by atoms with Gasteiger partial charge in [0, 0.05) is 5.56 Å². The first-order chi connectivity index (χ1) is 5.54. The number of hydrogen-bond donors (Lipinski definition) is 1. The molecular weight excluding hydrogens is 176 g/mol. The molecule has 1 N–H and O–H groups in total. The van der Waals surface area contributed by atoms with E-state index in [4.69, 9.17) is 11.0 Å². The topological polar surface area (TPSA) is 54.4 Å². The zero-order valence-electron chi connectivity index (χ0n) is 5.98. The monoisotopic (exact) mass is 181 g/mol.